The van der Waals surface area contributed by atoms with Crippen molar-refractivity contribution in [2.24, 2.45) is 0 Å². The fourth-order valence-electron chi connectivity index (χ4n) is 4.06. The van der Waals surface area contributed by atoms with Crippen LogP contribution in [0, 0.1) is 0 Å². The fraction of sp³-hybridized carbons (Fsp3) is 0.913. The van der Waals surface area contributed by atoms with Crippen LogP contribution < -0.4 is 0 Å². The molecule has 0 bridgehead atoms. The van der Waals surface area contributed by atoms with Gasteiger partial charge in [0.25, 0.3) is 0 Å². The first-order valence-corrected chi connectivity index (χ1v) is 11.3. The second-order valence-corrected chi connectivity index (χ2v) is 8.20. The van der Waals surface area contributed by atoms with Crippen molar-refractivity contribution in [1.29, 1.82) is 0 Å². The number of hydrogen-bond acceptors (Lipinski definition) is 2. The molecule has 2 nitrogen and oxygen atoms in total. The van der Waals surface area contributed by atoms with Gasteiger partial charge in [-0.05, 0) is 27.2 Å². The minimum Gasteiger partial charge on any atom is -0.357 e. The minimum absolute atomic E-state index is 0.543. The highest BCUT2D eigenvalue weighted by molar-refractivity contribution is 5.15. The summed E-state index contributed by atoms with van der Waals surface area (Å²) >= 11 is 0. The Morgan fingerprint density at radius 1 is 0.640 bits per heavy atom. The van der Waals surface area contributed by atoms with Crippen LogP contribution in [0.3, 0.4) is 0 Å². The number of nitrogens with zero attached hydrogens (tertiary/aromatic N) is 2. The zero-order chi connectivity index (χ0) is 18.5. The van der Waals surface area contributed by atoms with Gasteiger partial charge in [-0.3, -0.25) is 0 Å². The topological polar surface area (TPSA) is 6.48 Å². The normalized spacial score (nSPS) is 17.9. The molecule has 148 valence electrons. The first-order chi connectivity index (χ1) is 12.1. The fourth-order valence-corrected chi connectivity index (χ4v) is 4.06. The summed E-state index contributed by atoms with van der Waals surface area (Å²) in [6, 6.07) is 0. The van der Waals surface area contributed by atoms with Crippen molar-refractivity contribution in [3.63, 3.8) is 0 Å². The summed E-state index contributed by atoms with van der Waals surface area (Å²) in [6.45, 7) is 10.4. The van der Waals surface area contributed by atoms with Crippen LogP contribution in [-0.4, -0.2) is 29.6 Å². The summed E-state index contributed by atoms with van der Waals surface area (Å²) < 4.78 is 0. The van der Waals surface area contributed by atoms with Crippen molar-refractivity contribution in [3.8, 4) is 0 Å². The molecule has 0 saturated heterocycles. The maximum absolute atomic E-state index is 2.58. The van der Waals surface area contributed by atoms with Crippen molar-refractivity contribution in [2.75, 3.05) is 13.6 Å². The zero-order valence-electron chi connectivity index (χ0n) is 18.1. The predicted octanol–water partition coefficient (Wildman–Crippen LogP) is 7.31. The maximum Gasteiger partial charge on any atom is 0.0979 e. The van der Waals surface area contributed by atoms with Crippen LogP contribution in [0.1, 0.15) is 118 Å². The van der Waals surface area contributed by atoms with E-state index in [0.29, 0.717) is 6.17 Å². The van der Waals surface area contributed by atoms with Gasteiger partial charge in [0.1, 0.15) is 0 Å². The van der Waals surface area contributed by atoms with Crippen molar-refractivity contribution >= 4 is 0 Å². The first kappa shape index (κ1) is 22.4. The van der Waals surface area contributed by atoms with E-state index in [2.05, 4.69) is 44.5 Å². The molecular formula is C23H46N2. The Hall–Kier alpha value is -0.660. The molecule has 1 heterocycles. The van der Waals surface area contributed by atoms with Gasteiger partial charge in [-0.15, -0.1) is 0 Å². The van der Waals surface area contributed by atoms with Crippen molar-refractivity contribution in [2.45, 2.75) is 124 Å². The molecule has 0 aromatic rings. The zero-order valence-corrected chi connectivity index (χ0v) is 18.1. The van der Waals surface area contributed by atoms with E-state index in [0.717, 1.165) is 0 Å². The quantitative estimate of drug-likeness (QED) is 0.286. The molecule has 0 saturated carbocycles. The lowest BCUT2D eigenvalue weighted by molar-refractivity contribution is 0.176. The molecule has 0 aromatic heterocycles. The standard InChI is InChI=1S/C23H46N2/c1-6-7-8-9-10-11-12-13-14-15-16-17-18-19-20-25-22(3)21(2)24(5)23(25)4/h23H,6-20H2,1-5H3. The lowest BCUT2D eigenvalue weighted by Crippen LogP contribution is -2.36. The average Bonchev–Trinajstić information content (AvgIpc) is 2.79. The van der Waals surface area contributed by atoms with Gasteiger partial charge in [-0.2, -0.15) is 0 Å². The number of hydrogen-bond donors (Lipinski definition) is 0. The van der Waals surface area contributed by atoms with Crippen molar-refractivity contribution in [3.05, 3.63) is 11.4 Å². The Labute approximate surface area is 159 Å². The summed E-state index contributed by atoms with van der Waals surface area (Å²) in [4.78, 5) is 4.98. The van der Waals surface area contributed by atoms with Gasteiger partial charge in [0.2, 0.25) is 0 Å². The highest BCUT2D eigenvalue weighted by Gasteiger charge is 2.27. The lowest BCUT2D eigenvalue weighted by Gasteiger charge is -2.29. The van der Waals surface area contributed by atoms with Crippen LogP contribution >= 0.6 is 0 Å². The third kappa shape index (κ3) is 8.51. The van der Waals surface area contributed by atoms with E-state index in [1.165, 1.54) is 108 Å². The van der Waals surface area contributed by atoms with Gasteiger partial charge in [-0.25, -0.2) is 0 Å². The summed E-state index contributed by atoms with van der Waals surface area (Å²) in [5.41, 5.74) is 2.92. The largest absolute Gasteiger partial charge is 0.357 e. The second kappa shape index (κ2) is 13.5. The van der Waals surface area contributed by atoms with E-state index in [-0.39, 0.29) is 0 Å². The van der Waals surface area contributed by atoms with Crippen LogP contribution in [0.5, 0.6) is 0 Å². The smallest absolute Gasteiger partial charge is 0.0979 e. The Kier molecular flexibility index (Phi) is 12.1. The van der Waals surface area contributed by atoms with Crippen LogP contribution in [-0.2, 0) is 0 Å². The van der Waals surface area contributed by atoms with Gasteiger partial charge >= 0.3 is 0 Å². The molecule has 0 N–H and O–H groups in total. The third-order valence-electron chi connectivity index (χ3n) is 6.25. The molecule has 0 fully saturated rings. The molecule has 0 amide bonds. The van der Waals surface area contributed by atoms with Crippen LogP contribution in [0.25, 0.3) is 0 Å². The predicted molar refractivity (Wildman–Crippen MR) is 113 cm³/mol. The van der Waals surface area contributed by atoms with E-state index in [9.17, 15) is 0 Å². The lowest BCUT2D eigenvalue weighted by atomic mass is 10.0. The SMILES string of the molecule is CCCCCCCCCCCCCCCCN1C(C)=C(C)N(C)C1C. The molecule has 25 heavy (non-hydrogen) atoms. The van der Waals surface area contributed by atoms with Gasteiger partial charge in [-0.1, -0.05) is 90.4 Å². The molecule has 1 rings (SSSR count). The first-order valence-electron chi connectivity index (χ1n) is 11.3. The molecule has 2 heteroatoms. The van der Waals surface area contributed by atoms with Crippen LogP contribution in [0.4, 0.5) is 0 Å². The summed E-state index contributed by atoms with van der Waals surface area (Å²) in [6.07, 6.45) is 20.7. The van der Waals surface area contributed by atoms with Gasteiger partial charge in [0, 0.05) is 25.0 Å². The molecule has 0 aromatic carbocycles. The second-order valence-electron chi connectivity index (χ2n) is 8.20. The van der Waals surface area contributed by atoms with Crippen molar-refractivity contribution < 1.29 is 0 Å². The van der Waals surface area contributed by atoms with E-state index < -0.39 is 0 Å². The Bertz CT molecular complexity index is 361. The minimum atomic E-state index is 0.543. The summed E-state index contributed by atoms with van der Waals surface area (Å²) in [5.74, 6) is 0. The number of unbranched alkanes of at least 4 members (excludes halogenated alkanes) is 13. The highest BCUT2D eigenvalue weighted by Crippen LogP contribution is 2.27. The van der Waals surface area contributed by atoms with E-state index in [4.69, 9.17) is 0 Å². The monoisotopic (exact) mass is 350 g/mol. The summed E-state index contributed by atoms with van der Waals surface area (Å²) in [7, 11) is 2.22. The molecule has 1 unspecified atom stereocenters. The molecule has 0 radical (unpaired) electrons. The Balaban J connectivity index is 1.87. The molecule has 1 aliphatic rings. The average molecular weight is 351 g/mol. The molecular weight excluding hydrogens is 304 g/mol. The van der Waals surface area contributed by atoms with E-state index >= 15 is 0 Å². The Morgan fingerprint density at radius 3 is 1.40 bits per heavy atom. The highest BCUT2D eigenvalue weighted by atomic mass is 15.4. The van der Waals surface area contributed by atoms with Gasteiger partial charge in [0.05, 0.1) is 6.17 Å². The molecule has 0 spiro atoms. The third-order valence-corrected chi connectivity index (χ3v) is 6.25. The van der Waals surface area contributed by atoms with E-state index in [1.807, 2.05) is 0 Å². The number of rotatable bonds is 15. The van der Waals surface area contributed by atoms with Gasteiger partial charge in [0.15, 0.2) is 0 Å². The molecule has 1 atom stereocenters. The van der Waals surface area contributed by atoms with Crippen LogP contribution in [0.15, 0.2) is 11.4 Å². The maximum atomic E-state index is 2.58. The molecule has 0 aliphatic carbocycles. The van der Waals surface area contributed by atoms with Crippen LogP contribution in [0.2, 0.25) is 0 Å². The molecule has 1 aliphatic heterocycles. The van der Waals surface area contributed by atoms with E-state index in [1.54, 1.807) is 0 Å². The Morgan fingerprint density at radius 2 is 1.04 bits per heavy atom. The number of allylic oxidation sites excluding steroid dienone is 2. The summed E-state index contributed by atoms with van der Waals surface area (Å²) in [5, 5.41) is 0. The van der Waals surface area contributed by atoms with Gasteiger partial charge < -0.3 is 9.80 Å². The van der Waals surface area contributed by atoms with Crippen molar-refractivity contribution in [1.82, 2.24) is 9.80 Å².